The molecule has 1 aromatic carbocycles. The van der Waals surface area contributed by atoms with E-state index in [-0.39, 0.29) is 11.8 Å². The van der Waals surface area contributed by atoms with E-state index in [1.54, 1.807) is 11.3 Å². The van der Waals surface area contributed by atoms with Crippen LogP contribution in [0.2, 0.25) is 5.15 Å². The van der Waals surface area contributed by atoms with Gasteiger partial charge in [0.25, 0.3) is 0 Å². The average Bonchev–Trinajstić information content (AvgIpc) is 3.33. The Labute approximate surface area is 162 Å². The van der Waals surface area contributed by atoms with Crippen LogP contribution in [0.4, 0.5) is 0 Å². The molecule has 26 heavy (non-hydrogen) atoms. The van der Waals surface area contributed by atoms with Crippen LogP contribution in [0.1, 0.15) is 34.4 Å². The van der Waals surface area contributed by atoms with Gasteiger partial charge >= 0.3 is 0 Å². The summed E-state index contributed by atoms with van der Waals surface area (Å²) in [7, 11) is 0. The number of rotatable bonds is 5. The maximum atomic E-state index is 12.8. The molecule has 0 spiro atoms. The fourth-order valence-corrected chi connectivity index (χ4v) is 4.09. The zero-order valence-corrected chi connectivity index (χ0v) is 16.5. The highest BCUT2D eigenvalue weighted by atomic mass is 35.5. The summed E-state index contributed by atoms with van der Waals surface area (Å²) in [5.74, 6) is 0.418. The number of halogens is 1. The number of aryl methyl sites for hydroxylation is 2. The Kier molecular flexibility index (Phi) is 4.72. The van der Waals surface area contributed by atoms with E-state index in [1.807, 2.05) is 16.3 Å². The van der Waals surface area contributed by atoms with Crippen LogP contribution in [0.15, 0.2) is 35.7 Å². The van der Waals surface area contributed by atoms with E-state index in [4.69, 9.17) is 11.6 Å². The van der Waals surface area contributed by atoms with Gasteiger partial charge in [-0.15, -0.1) is 11.3 Å². The van der Waals surface area contributed by atoms with Gasteiger partial charge in [-0.1, -0.05) is 17.7 Å². The third kappa shape index (κ3) is 3.62. The van der Waals surface area contributed by atoms with Crippen molar-refractivity contribution in [1.82, 2.24) is 9.88 Å². The van der Waals surface area contributed by atoms with Crippen molar-refractivity contribution in [2.24, 2.45) is 5.92 Å². The van der Waals surface area contributed by atoms with Gasteiger partial charge in [0.05, 0.1) is 12.1 Å². The summed E-state index contributed by atoms with van der Waals surface area (Å²) >= 11 is 8.15. The molecule has 0 bridgehead atoms. The molecule has 134 valence electrons. The molecule has 0 aliphatic heterocycles. The maximum absolute atomic E-state index is 12.8. The highest BCUT2D eigenvalue weighted by molar-refractivity contribution is 7.09. The number of thiophene rings is 1. The number of hydrogen-bond donors (Lipinski definition) is 0. The van der Waals surface area contributed by atoms with Crippen LogP contribution >= 0.6 is 22.9 Å². The number of carbonyl (C=O) groups excluding carboxylic acids is 1. The van der Waals surface area contributed by atoms with Gasteiger partial charge in [-0.05, 0) is 67.5 Å². The molecule has 1 saturated carbocycles. The summed E-state index contributed by atoms with van der Waals surface area (Å²) in [6.07, 6.45) is 2.00. The normalized spacial score (nSPS) is 14.0. The van der Waals surface area contributed by atoms with Crippen molar-refractivity contribution in [3.63, 3.8) is 0 Å². The van der Waals surface area contributed by atoms with Gasteiger partial charge in [-0.2, -0.15) is 0 Å². The van der Waals surface area contributed by atoms with Crippen LogP contribution in [-0.4, -0.2) is 15.8 Å². The SMILES string of the molecule is Cc1cc2cc(CN(Cc3cccs3)C(=O)C3CC3)c(Cl)nc2cc1C. The van der Waals surface area contributed by atoms with Crippen molar-refractivity contribution in [2.45, 2.75) is 39.8 Å². The molecule has 4 rings (SSSR count). The Hall–Kier alpha value is -1.91. The number of aromatic nitrogens is 1. The van der Waals surface area contributed by atoms with Gasteiger partial charge in [-0.3, -0.25) is 4.79 Å². The third-order valence-corrected chi connectivity index (χ3v) is 6.17. The molecule has 5 heteroatoms. The fourth-order valence-electron chi connectivity index (χ4n) is 3.17. The molecule has 0 atom stereocenters. The second kappa shape index (κ2) is 7.01. The quantitative estimate of drug-likeness (QED) is 0.544. The molecule has 0 radical (unpaired) electrons. The van der Waals surface area contributed by atoms with E-state index in [0.29, 0.717) is 18.2 Å². The van der Waals surface area contributed by atoms with Gasteiger partial charge in [0, 0.05) is 28.3 Å². The minimum Gasteiger partial charge on any atom is -0.333 e. The first-order valence-corrected chi connectivity index (χ1v) is 10.1. The largest absolute Gasteiger partial charge is 0.333 e. The zero-order chi connectivity index (χ0) is 18.3. The van der Waals surface area contributed by atoms with E-state index < -0.39 is 0 Å². The molecule has 3 nitrogen and oxygen atoms in total. The van der Waals surface area contributed by atoms with Gasteiger partial charge in [0.1, 0.15) is 5.15 Å². The summed E-state index contributed by atoms with van der Waals surface area (Å²) in [4.78, 5) is 20.5. The van der Waals surface area contributed by atoms with Crippen molar-refractivity contribution in [3.05, 3.63) is 62.4 Å². The van der Waals surface area contributed by atoms with Gasteiger partial charge in [0.2, 0.25) is 5.91 Å². The Morgan fingerprint density at radius 2 is 2.00 bits per heavy atom. The van der Waals surface area contributed by atoms with E-state index in [2.05, 4.69) is 43.1 Å². The van der Waals surface area contributed by atoms with Crippen LogP contribution in [0.5, 0.6) is 0 Å². The van der Waals surface area contributed by atoms with E-state index in [0.717, 1.165) is 29.3 Å². The van der Waals surface area contributed by atoms with Gasteiger partial charge in [0.15, 0.2) is 0 Å². The van der Waals surface area contributed by atoms with Gasteiger partial charge < -0.3 is 4.90 Å². The Morgan fingerprint density at radius 3 is 2.69 bits per heavy atom. The monoisotopic (exact) mass is 384 g/mol. The summed E-state index contributed by atoms with van der Waals surface area (Å²) in [5, 5.41) is 3.60. The number of carbonyl (C=O) groups is 1. The number of benzene rings is 1. The molecule has 0 saturated heterocycles. The van der Waals surface area contributed by atoms with E-state index in [1.165, 1.54) is 16.0 Å². The van der Waals surface area contributed by atoms with Crippen LogP contribution in [0, 0.1) is 19.8 Å². The predicted molar refractivity (Wildman–Crippen MR) is 108 cm³/mol. The number of pyridine rings is 1. The average molecular weight is 385 g/mol. The van der Waals surface area contributed by atoms with Crippen LogP contribution < -0.4 is 0 Å². The first-order chi connectivity index (χ1) is 12.5. The predicted octanol–water partition coefficient (Wildman–Crippen LogP) is 5.51. The second-order valence-corrected chi connectivity index (χ2v) is 8.51. The lowest BCUT2D eigenvalue weighted by atomic mass is 10.0. The first-order valence-electron chi connectivity index (χ1n) is 8.89. The topological polar surface area (TPSA) is 33.2 Å². The smallest absolute Gasteiger partial charge is 0.226 e. The van der Waals surface area contributed by atoms with E-state index >= 15 is 0 Å². The van der Waals surface area contributed by atoms with Crippen molar-refractivity contribution in [3.8, 4) is 0 Å². The van der Waals surface area contributed by atoms with Crippen molar-refractivity contribution in [2.75, 3.05) is 0 Å². The molecular formula is C21H21ClN2OS. The Morgan fingerprint density at radius 1 is 1.23 bits per heavy atom. The van der Waals surface area contributed by atoms with E-state index in [9.17, 15) is 4.79 Å². The maximum Gasteiger partial charge on any atom is 0.226 e. The fraction of sp³-hybridized carbons (Fsp3) is 0.333. The zero-order valence-electron chi connectivity index (χ0n) is 15.0. The summed E-state index contributed by atoms with van der Waals surface area (Å²) < 4.78 is 0. The van der Waals surface area contributed by atoms with Crippen LogP contribution in [-0.2, 0) is 17.9 Å². The van der Waals surface area contributed by atoms with Gasteiger partial charge in [-0.25, -0.2) is 4.98 Å². The standard InChI is InChI=1S/C21H21ClN2OS/c1-13-8-16-10-17(20(22)23-19(16)9-14(13)2)11-24(21(25)15-5-6-15)12-18-4-3-7-26-18/h3-4,7-10,15H,5-6,11-12H2,1-2H3. The highest BCUT2D eigenvalue weighted by Gasteiger charge is 2.33. The number of hydrogen-bond acceptors (Lipinski definition) is 3. The van der Waals surface area contributed by atoms with Crippen molar-refractivity contribution in [1.29, 1.82) is 0 Å². The van der Waals surface area contributed by atoms with Crippen molar-refractivity contribution < 1.29 is 4.79 Å². The number of fused-ring (bicyclic) bond motifs is 1. The number of amides is 1. The lowest BCUT2D eigenvalue weighted by Gasteiger charge is -2.23. The first kappa shape index (κ1) is 17.5. The van der Waals surface area contributed by atoms with Crippen LogP contribution in [0.3, 0.4) is 0 Å². The molecule has 1 amide bonds. The lowest BCUT2D eigenvalue weighted by molar-refractivity contribution is -0.133. The molecule has 3 aromatic rings. The molecule has 0 N–H and O–H groups in total. The molecule has 1 aliphatic carbocycles. The third-order valence-electron chi connectivity index (χ3n) is 4.98. The summed E-state index contributed by atoms with van der Waals surface area (Å²) in [6, 6.07) is 10.4. The van der Waals surface area contributed by atoms with Crippen LogP contribution in [0.25, 0.3) is 10.9 Å². The molecule has 1 fully saturated rings. The molecular weight excluding hydrogens is 364 g/mol. The Balaban J connectivity index is 1.66. The molecule has 2 aromatic heterocycles. The molecule has 1 aliphatic rings. The summed E-state index contributed by atoms with van der Waals surface area (Å²) in [6.45, 7) is 5.31. The second-order valence-electron chi connectivity index (χ2n) is 7.12. The minimum absolute atomic E-state index is 0.187. The van der Waals surface area contributed by atoms with Crippen molar-refractivity contribution >= 4 is 39.7 Å². The lowest BCUT2D eigenvalue weighted by Crippen LogP contribution is -2.31. The molecule has 0 unspecified atom stereocenters. The minimum atomic E-state index is 0.187. The summed E-state index contributed by atoms with van der Waals surface area (Å²) in [5.41, 5.74) is 4.25. The molecule has 2 heterocycles. The Bertz CT molecular complexity index is 964. The highest BCUT2D eigenvalue weighted by Crippen LogP contribution is 2.33. The number of nitrogens with zero attached hydrogens (tertiary/aromatic N) is 2.